The van der Waals surface area contributed by atoms with E-state index in [9.17, 15) is 4.79 Å². The monoisotopic (exact) mass is 329 g/mol. The third-order valence-corrected chi connectivity index (χ3v) is 3.49. The second-order valence-electron chi connectivity index (χ2n) is 5.43. The Labute approximate surface area is 145 Å². The van der Waals surface area contributed by atoms with E-state index in [1.807, 2.05) is 37.3 Å². The summed E-state index contributed by atoms with van der Waals surface area (Å²) < 4.78 is 0. The number of carbonyl (C=O) groups is 1. The van der Waals surface area contributed by atoms with E-state index in [0.717, 1.165) is 5.69 Å². The number of aryl methyl sites for hydroxylation is 1. The predicted octanol–water partition coefficient (Wildman–Crippen LogP) is 3.65. The number of nitriles is 1. The fraction of sp³-hybridized carbons (Fsp3) is 0.0526. The maximum Gasteiger partial charge on any atom is 0.258 e. The predicted molar refractivity (Wildman–Crippen MR) is 95.6 cm³/mol. The number of rotatable bonds is 4. The molecule has 2 aromatic carbocycles. The topological polar surface area (TPSA) is 90.7 Å². The Bertz CT molecular complexity index is 910. The van der Waals surface area contributed by atoms with Gasteiger partial charge in [0.25, 0.3) is 5.91 Å². The van der Waals surface area contributed by atoms with Crippen molar-refractivity contribution in [3.8, 4) is 6.07 Å². The zero-order valence-corrected chi connectivity index (χ0v) is 13.5. The van der Waals surface area contributed by atoms with Gasteiger partial charge in [-0.1, -0.05) is 17.7 Å². The quantitative estimate of drug-likeness (QED) is 0.762. The number of aromatic nitrogens is 2. The molecule has 122 valence electrons. The van der Waals surface area contributed by atoms with Gasteiger partial charge in [0.2, 0.25) is 5.95 Å². The first kappa shape index (κ1) is 16.1. The van der Waals surface area contributed by atoms with Crippen molar-refractivity contribution in [2.75, 3.05) is 10.6 Å². The third-order valence-electron chi connectivity index (χ3n) is 3.49. The molecule has 3 rings (SSSR count). The second kappa shape index (κ2) is 7.23. The summed E-state index contributed by atoms with van der Waals surface area (Å²) in [6, 6.07) is 16.5. The number of amides is 1. The third kappa shape index (κ3) is 4.18. The van der Waals surface area contributed by atoms with Gasteiger partial charge in [-0.05, 0) is 43.3 Å². The number of nitrogens with one attached hydrogen (secondary N) is 2. The van der Waals surface area contributed by atoms with Crippen LogP contribution in [0.4, 0.5) is 17.3 Å². The Kier molecular flexibility index (Phi) is 4.67. The van der Waals surface area contributed by atoms with E-state index in [1.54, 1.807) is 24.3 Å². The molecule has 0 aliphatic heterocycles. The lowest BCUT2D eigenvalue weighted by Gasteiger charge is -2.07. The van der Waals surface area contributed by atoms with Gasteiger partial charge in [0, 0.05) is 23.8 Å². The van der Waals surface area contributed by atoms with Gasteiger partial charge in [0.15, 0.2) is 0 Å². The van der Waals surface area contributed by atoms with Crippen LogP contribution in [0, 0.1) is 18.3 Å². The first-order valence-electron chi connectivity index (χ1n) is 7.61. The van der Waals surface area contributed by atoms with Crippen molar-refractivity contribution in [3.05, 3.63) is 77.6 Å². The summed E-state index contributed by atoms with van der Waals surface area (Å²) in [6.45, 7) is 2.02. The molecule has 0 atom stereocenters. The lowest BCUT2D eigenvalue weighted by Crippen LogP contribution is -2.13. The largest absolute Gasteiger partial charge is 0.324 e. The summed E-state index contributed by atoms with van der Waals surface area (Å²) >= 11 is 0. The Hall–Kier alpha value is -3.72. The number of hydrogen-bond donors (Lipinski definition) is 2. The highest BCUT2D eigenvalue weighted by Gasteiger charge is 2.08. The molecular weight excluding hydrogens is 314 g/mol. The molecule has 6 nitrogen and oxygen atoms in total. The molecule has 1 heterocycles. The van der Waals surface area contributed by atoms with Crippen LogP contribution >= 0.6 is 0 Å². The van der Waals surface area contributed by atoms with Crippen molar-refractivity contribution in [2.24, 2.45) is 0 Å². The van der Waals surface area contributed by atoms with E-state index in [2.05, 4.69) is 20.6 Å². The van der Waals surface area contributed by atoms with Crippen molar-refractivity contribution < 1.29 is 4.79 Å². The van der Waals surface area contributed by atoms with Crippen LogP contribution in [-0.2, 0) is 0 Å². The Morgan fingerprint density at radius 1 is 0.960 bits per heavy atom. The number of hydrogen-bond acceptors (Lipinski definition) is 5. The van der Waals surface area contributed by atoms with Gasteiger partial charge in [-0.2, -0.15) is 5.26 Å². The fourth-order valence-electron chi connectivity index (χ4n) is 2.11. The normalized spacial score (nSPS) is 9.92. The van der Waals surface area contributed by atoms with Crippen molar-refractivity contribution in [1.82, 2.24) is 9.97 Å². The van der Waals surface area contributed by atoms with E-state index in [1.165, 1.54) is 18.0 Å². The van der Waals surface area contributed by atoms with Gasteiger partial charge in [0.1, 0.15) is 0 Å². The molecule has 0 unspecified atom stereocenters. The average Bonchev–Trinajstić information content (AvgIpc) is 2.65. The van der Waals surface area contributed by atoms with Crippen molar-refractivity contribution in [1.29, 1.82) is 5.26 Å². The molecule has 0 spiro atoms. The molecule has 6 heteroatoms. The standard InChI is InChI=1S/C19H15N5O/c1-13-2-6-17(7-3-13)24-19-21-11-15(12-22-19)18(25)23-16-8-4-14(10-20)5-9-16/h2-9,11-12H,1H3,(H,23,25)(H,21,22,24). The van der Waals surface area contributed by atoms with E-state index >= 15 is 0 Å². The summed E-state index contributed by atoms with van der Waals surface area (Å²) in [6.07, 6.45) is 2.92. The minimum absolute atomic E-state index is 0.313. The van der Waals surface area contributed by atoms with E-state index < -0.39 is 0 Å². The van der Waals surface area contributed by atoms with Gasteiger partial charge < -0.3 is 10.6 Å². The van der Waals surface area contributed by atoms with Crippen LogP contribution in [0.1, 0.15) is 21.5 Å². The molecule has 0 saturated heterocycles. The molecule has 0 bridgehead atoms. The number of nitrogens with zero attached hydrogens (tertiary/aromatic N) is 3. The van der Waals surface area contributed by atoms with Gasteiger partial charge in [-0.15, -0.1) is 0 Å². The van der Waals surface area contributed by atoms with Gasteiger partial charge in [-0.25, -0.2) is 9.97 Å². The second-order valence-corrected chi connectivity index (χ2v) is 5.43. The van der Waals surface area contributed by atoms with Crippen molar-refractivity contribution >= 4 is 23.2 Å². The number of benzene rings is 2. The van der Waals surface area contributed by atoms with Crippen LogP contribution in [0.2, 0.25) is 0 Å². The Morgan fingerprint density at radius 2 is 1.56 bits per heavy atom. The molecule has 1 amide bonds. The van der Waals surface area contributed by atoms with Crippen molar-refractivity contribution in [2.45, 2.75) is 6.92 Å². The maximum absolute atomic E-state index is 12.2. The summed E-state index contributed by atoms with van der Waals surface area (Å²) in [5.41, 5.74) is 3.53. The minimum Gasteiger partial charge on any atom is -0.324 e. The van der Waals surface area contributed by atoms with E-state index in [4.69, 9.17) is 5.26 Å². The summed E-state index contributed by atoms with van der Waals surface area (Å²) in [4.78, 5) is 20.5. The molecule has 1 aromatic heterocycles. The van der Waals surface area contributed by atoms with Crippen molar-refractivity contribution in [3.63, 3.8) is 0 Å². The Balaban J connectivity index is 1.65. The highest BCUT2D eigenvalue weighted by Crippen LogP contribution is 2.14. The van der Waals surface area contributed by atoms with E-state index in [-0.39, 0.29) is 5.91 Å². The highest BCUT2D eigenvalue weighted by atomic mass is 16.1. The lowest BCUT2D eigenvalue weighted by molar-refractivity contribution is 0.102. The summed E-state index contributed by atoms with van der Waals surface area (Å²) in [5.74, 6) is 0.102. The molecule has 2 N–H and O–H groups in total. The van der Waals surface area contributed by atoms with Crippen LogP contribution in [0.25, 0.3) is 0 Å². The lowest BCUT2D eigenvalue weighted by atomic mass is 10.2. The van der Waals surface area contributed by atoms with Crippen LogP contribution in [0.3, 0.4) is 0 Å². The van der Waals surface area contributed by atoms with Crippen LogP contribution in [-0.4, -0.2) is 15.9 Å². The van der Waals surface area contributed by atoms with Crippen LogP contribution in [0.15, 0.2) is 60.9 Å². The summed E-state index contributed by atoms with van der Waals surface area (Å²) in [7, 11) is 0. The summed E-state index contributed by atoms with van der Waals surface area (Å²) in [5, 5.41) is 14.6. The maximum atomic E-state index is 12.2. The van der Waals surface area contributed by atoms with Crippen LogP contribution in [0.5, 0.6) is 0 Å². The smallest absolute Gasteiger partial charge is 0.258 e. The molecule has 0 aliphatic carbocycles. The average molecular weight is 329 g/mol. The zero-order valence-electron chi connectivity index (χ0n) is 13.5. The van der Waals surface area contributed by atoms with Gasteiger partial charge in [-0.3, -0.25) is 4.79 Å². The molecule has 0 aliphatic rings. The molecular formula is C19H15N5O. The molecule has 25 heavy (non-hydrogen) atoms. The zero-order chi connectivity index (χ0) is 17.6. The number of anilines is 3. The molecule has 0 fully saturated rings. The number of carbonyl (C=O) groups excluding carboxylic acids is 1. The van der Waals surface area contributed by atoms with E-state index in [0.29, 0.717) is 22.8 Å². The van der Waals surface area contributed by atoms with Crippen LogP contribution < -0.4 is 10.6 Å². The SMILES string of the molecule is Cc1ccc(Nc2ncc(C(=O)Nc3ccc(C#N)cc3)cn2)cc1. The molecule has 0 saturated carbocycles. The highest BCUT2D eigenvalue weighted by molar-refractivity contribution is 6.03. The Morgan fingerprint density at radius 3 is 2.16 bits per heavy atom. The fourth-order valence-corrected chi connectivity index (χ4v) is 2.11. The molecule has 3 aromatic rings. The first-order chi connectivity index (χ1) is 12.1. The van der Waals surface area contributed by atoms with Gasteiger partial charge >= 0.3 is 0 Å². The first-order valence-corrected chi connectivity index (χ1v) is 7.61. The van der Waals surface area contributed by atoms with Gasteiger partial charge in [0.05, 0.1) is 17.2 Å². The molecule has 0 radical (unpaired) electrons. The minimum atomic E-state index is -0.313.